The third-order valence-electron chi connectivity index (χ3n) is 2.96. The van der Waals surface area contributed by atoms with Crippen LogP contribution in [0.15, 0.2) is 12.7 Å². The van der Waals surface area contributed by atoms with Gasteiger partial charge in [-0.1, -0.05) is 6.58 Å². The van der Waals surface area contributed by atoms with Crippen molar-refractivity contribution < 1.29 is 19.1 Å². The van der Waals surface area contributed by atoms with Gasteiger partial charge in [0.05, 0.1) is 38.8 Å². The standard InChI is InChI=1S/C9H18N.C3H6O3/c1-3-7-10(4-2)8-5-6-9-10;1-6-2-3(4)5/h3H,1,4-9H2,2H3;2H2,1H3,(H,4,5)/q+1;/p-1. The number of likely N-dealkylation sites (N-methyl/N-ethyl adjacent to an activating group) is 1. The van der Waals surface area contributed by atoms with Crippen LogP contribution in [0.25, 0.3) is 0 Å². The van der Waals surface area contributed by atoms with Crippen molar-refractivity contribution >= 4 is 5.97 Å². The van der Waals surface area contributed by atoms with E-state index in [1.165, 1.54) is 50.6 Å². The maximum absolute atomic E-state index is 9.36. The largest absolute Gasteiger partial charge is 0.548 e. The molecule has 0 amide bonds. The molecule has 1 heterocycles. The second-order valence-corrected chi connectivity index (χ2v) is 4.09. The number of carbonyl (C=O) groups excluding carboxylic acids is 1. The second-order valence-electron chi connectivity index (χ2n) is 4.09. The number of likely N-dealkylation sites (tertiary alicyclic amines) is 1. The van der Waals surface area contributed by atoms with Crippen molar-refractivity contribution in [2.75, 3.05) is 39.9 Å². The molecule has 0 unspecified atom stereocenters. The van der Waals surface area contributed by atoms with Crippen molar-refractivity contribution in [1.82, 2.24) is 0 Å². The van der Waals surface area contributed by atoms with E-state index in [9.17, 15) is 9.90 Å². The molecule has 0 atom stereocenters. The molecule has 1 saturated heterocycles. The van der Waals surface area contributed by atoms with Crippen molar-refractivity contribution in [2.24, 2.45) is 0 Å². The topological polar surface area (TPSA) is 49.4 Å². The Kier molecular flexibility index (Phi) is 7.85. The van der Waals surface area contributed by atoms with E-state index in [2.05, 4.69) is 24.3 Å². The Labute approximate surface area is 98.1 Å². The zero-order chi connectivity index (χ0) is 12.4. The maximum atomic E-state index is 9.36. The van der Waals surface area contributed by atoms with Gasteiger partial charge in [0.25, 0.3) is 0 Å². The Morgan fingerprint density at radius 3 is 2.31 bits per heavy atom. The minimum atomic E-state index is -1.18. The molecule has 0 aromatic heterocycles. The van der Waals surface area contributed by atoms with Crippen LogP contribution in [-0.4, -0.2) is 50.3 Å². The molecule has 0 aromatic rings. The fourth-order valence-corrected chi connectivity index (χ4v) is 2.03. The van der Waals surface area contributed by atoms with Gasteiger partial charge in [-0.15, -0.1) is 0 Å². The van der Waals surface area contributed by atoms with E-state index in [4.69, 9.17) is 0 Å². The minimum Gasteiger partial charge on any atom is -0.548 e. The van der Waals surface area contributed by atoms with Crippen LogP contribution in [-0.2, 0) is 9.53 Å². The summed E-state index contributed by atoms with van der Waals surface area (Å²) in [6.07, 6.45) is 4.90. The molecule has 0 spiro atoms. The van der Waals surface area contributed by atoms with Crippen LogP contribution in [0.3, 0.4) is 0 Å². The van der Waals surface area contributed by atoms with Crippen molar-refractivity contribution in [3.8, 4) is 0 Å². The molecule has 16 heavy (non-hydrogen) atoms. The van der Waals surface area contributed by atoms with Gasteiger partial charge in [-0.25, -0.2) is 0 Å². The fourth-order valence-electron chi connectivity index (χ4n) is 2.03. The van der Waals surface area contributed by atoms with Gasteiger partial charge in [-0.05, 0) is 13.0 Å². The first kappa shape index (κ1) is 15.1. The van der Waals surface area contributed by atoms with Crippen LogP contribution in [0.2, 0.25) is 0 Å². The summed E-state index contributed by atoms with van der Waals surface area (Å²) < 4.78 is 5.44. The highest BCUT2D eigenvalue weighted by molar-refractivity contribution is 5.65. The lowest BCUT2D eigenvalue weighted by atomic mass is 10.4. The SMILES string of the molecule is C=CC[N+]1(CC)CCCC1.COCC(=O)[O-]. The summed E-state index contributed by atoms with van der Waals surface area (Å²) in [6.45, 7) is 11.0. The third-order valence-corrected chi connectivity index (χ3v) is 2.96. The Balaban J connectivity index is 0.000000325. The van der Waals surface area contributed by atoms with E-state index in [0.717, 1.165) is 0 Å². The predicted octanol–water partition coefficient (Wildman–Crippen LogP) is 0.186. The molecular formula is C12H23NO3. The number of nitrogens with zero attached hydrogens (tertiary/aromatic N) is 1. The van der Waals surface area contributed by atoms with Crippen molar-refractivity contribution in [3.05, 3.63) is 12.7 Å². The van der Waals surface area contributed by atoms with Gasteiger partial charge in [0.15, 0.2) is 0 Å². The summed E-state index contributed by atoms with van der Waals surface area (Å²) in [5.41, 5.74) is 0. The van der Waals surface area contributed by atoms with E-state index in [0.29, 0.717) is 0 Å². The number of quaternary nitrogens is 1. The lowest BCUT2D eigenvalue weighted by molar-refractivity contribution is -0.909. The summed E-state index contributed by atoms with van der Waals surface area (Å²) in [6, 6.07) is 0. The Bertz CT molecular complexity index is 210. The molecule has 0 radical (unpaired) electrons. The summed E-state index contributed by atoms with van der Waals surface area (Å²) in [4.78, 5) is 9.36. The van der Waals surface area contributed by atoms with Gasteiger partial charge < -0.3 is 19.1 Å². The van der Waals surface area contributed by atoms with E-state index in [1.54, 1.807) is 0 Å². The van der Waals surface area contributed by atoms with Crippen LogP contribution < -0.4 is 5.11 Å². The first-order valence-corrected chi connectivity index (χ1v) is 5.75. The van der Waals surface area contributed by atoms with E-state index < -0.39 is 5.97 Å². The molecule has 0 bridgehead atoms. The summed E-state index contributed by atoms with van der Waals surface area (Å²) in [7, 11) is 1.30. The smallest absolute Gasteiger partial charge is 0.0971 e. The van der Waals surface area contributed by atoms with Crippen LogP contribution in [0.4, 0.5) is 0 Å². The van der Waals surface area contributed by atoms with Gasteiger partial charge in [0.2, 0.25) is 0 Å². The van der Waals surface area contributed by atoms with Crippen LogP contribution in [0, 0.1) is 0 Å². The molecular weight excluding hydrogens is 206 g/mol. The van der Waals surface area contributed by atoms with Crippen LogP contribution >= 0.6 is 0 Å². The molecule has 4 nitrogen and oxygen atoms in total. The highest BCUT2D eigenvalue weighted by Crippen LogP contribution is 2.18. The van der Waals surface area contributed by atoms with Crippen LogP contribution in [0.1, 0.15) is 19.8 Å². The lowest BCUT2D eigenvalue weighted by Gasteiger charge is -2.31. The number of carboxylic acid groups (broad SMARTS) is 1. The molecule has 1 aliphatic heterocycles. The Morgan fingerprint density at radius 2 is 2.06 bits per heavy atom. The van der Waals surface area contributed by atoms with Crippen molar-refractivity contribution in [3.63, 3.8) is 0 Å². The number of methoxy groups -OCH3 is 1. The van der Waals surface area contributed by atoms with Crippen molar-refractivity contribution in [2.45, 2.75) is 19.8 Å². The molecule has 4 heteroatoms. The summed E-state index contributed by atoms with van der Waals surface area (Å²) in [5, 5.41) is 9.36. The third kappa shape index (κ3) is 5.88. The molecule has 0 N–H and O–H groups in total. The summed E-state index contributed by atoms with van der Waals surface area (Å²) in [5.74, 6) is -1.18. The Morgan fingerprint density at radius 1 is 1.50 bits per heavy atom. The number of hydrogen-bond acceptors (Lipinski definition) is 3. The predicted molar refractivity (Wildman–Crippen MR) is 61.7 cm³/mol. The second kappa shape index (κ2) is 8.30. The van der Waals surface area contributed by atoms with Gasteiger partial charge in [-0.2, -0.15) is 0 Å². The maximum Gasteiger partial charge on any atom is 0.0971 e. The number of carboxylic acids is 1. The zero-order valence-corrected chi connectivity index (χ0v) is 10.4. The van der Waals surface area contributed by atoms with Gasteiger partial charge in [0.1, 0.15) is 0 Å². The minimum absolute atomic E-state index is 0.319. The van der Waals surface area contributed by atoms with Gasteiger partial charge >= 0.3 is 0 Å². The highest BCUT2D eigenvalue weighted by atomic mass is 16.5. The molecule has 1 fully saturated rings. The molecule has 0 aromatic carbocycles. The van der Waals surface area contributed by atoms with Crippen molar-refractivity contribution in [1.29, 1.82) is 0 Å². The number of carbonyl (C=O) groups is 1. The number of rotatable bonds is 5. The normalized spacial score (nSPS) is 17.4. The number of ether oxygens (including phenoxy) is 1. The monoisotopic (exact) mass is 229 g/mol. The lowest BCUT2D eigenvalue weighted by Crippen LogP contribution is -2.44. The molecule has 0 saturated carbocycles. The summed E-state index contributed by atoms with van der Waals surface area (Å²) >= 11 is 0. The fraction of sp³-hybridized carbons (Fsp3) is 0.750. The average Bonchev–Trinajstić information content (AvgIpc) is 2.68. The Hall–Kier alpha value is -0.870. The molecule has 1 rings (SSSR count). The van der Waals surface area contributed by atoms with E-state index in [-0.39, 0.29) is 6.61 Å². The van der Waals surface area contributed by atoms with E-state index >= 15 is 0 Å². The van der Waals surface area contributed by atoms with Crippen LogP contribution in [0.5, 0.6) is 0 Å². The number of aliphatic carboxylic acids is 1. The van der Waals surface area contributed by atoms with Gasteiger partial charge in [-0.3, -0.25) is 0 Å². The molecule has 94 valence electrons. The number of hydrogen-bond donors (Lipinski definition) is 0. The quantitative estimate of drug-likeness (QED) is 0.499. The van der Waals surface area contributed by atoms with E-state index in [1.807, 2.05) is 0 Å². The zero-order valence-electron chi connectivity index (χ0n) is 10.4. The first-order chi connectivity index (χ1) is 7.60. The first-order valence-electron chi connectivity index (χ1n) is 5.75. The highest BCUT2D eigenvalue weighted by Gasteiger charge is 2.27. The van der Waals surface area contributed by atoms with Gasteiger partial charge in [0, 0.05) is 20.0 Å². The molecule has 0 aliphatic carbocycles. The average molecular weight is 229 g/mol. The molecule has 1 aliphatic rings.